The van der Waals surface area contributed by atoms with Gasteiger partial charge in [-0.05, 0) is 91.3 Å². The monoisotopic (exact) mass is 1060 g/mol. The molecular formula is C61H66N3OPt-. The van der Waals surface area contributed by atoms with Crippen molar-refractivity contribution in [2.45, 2.75) is 124 Å². The summed E-state index contributed by atoms with van der Waals surface area (Å²) in [5, 5.41) is 12.6. The van der Waals surface area contributed by atoms with Gasteiger partial charge in [-0.3, -0.25) is 9.55 Å². The van der Waals surface area contributed by atoms with Gasteiger partial charge in [-0.2, -0.15) is 0 Å². The summed E-state index contributed by atoms with van der Waals surface area (Å²) in [6.45, 7) is 12.1. The summed E-state index contributed by atoms with van der Waals surface area (Å²) >= 11 is 0. The molecule has 0 aliphatic rings. The predicted octanol–water partition coefficient (Wildman–Crippen LogP) is 16.6. The molecule has 0 bridgehead atoms. The average molecular weight is 1060 g/mol. The number of hydrogen-bond acceptors (Lipinski definition) is 3. The van der Waals surface area contributed by atoms with E-state index < -0.39 is 42.8 Å². The minimum atomic E-state index is -3.50. The normalized spacial score (nSPS) is 15.4. The first-order valence-electron chi connectivity index (χ1n) is 27.3. The molecule has 2 aromatic heterocycles. The number of benzene rings is 6. The fourth-order valence-corrected chi connectivity index (χ4v) is 8.40. The summed E-state index contributed by atoms with van der Waals surface area (Å²) in [5.74, 6) is -0.380. The van der Waals surface area contributed by atoms with Gasteiger partial charge in [0.2, 0.25) is 0 Å². The number of aromatic nitrogens is 3. The molecule has 0 aliphatic carbocycles. The smallest absolute Gasteiger partial charge is 0.148 e. The van der Waals surface area contributed by atoms with E-state index in [1.54, 1.807) is 36.5 Å². The summed E-state index contributed by atoms with van der Waals surface area (Å²) in [6.07, 6.45) is 1.79. The zero-order valence-electron chi connectivity index (χ0n) is 49.8. The van der Waals surface area contributed by atoms with Crippen LogP contribution in [0.25, 0.3) is 72.7 Å². The van der Waals surface area contributed by atoms with Gasteiger partial charge in [0.1, 0.15) is 11.6 Å². The molecule has 0 fully saturated rings. The number of aromatic hydroxyl groups is 1. The van der Waals surface area contributed by atoms with Crippen molar-refractivity contribution < 1.29 is 39.9 Å². The molecule has 1 N–H and O–H groups in total. The maximum Gasteiger partial charge on any atom is 0.148 e. The number of fused-ring (bicyclic) bond motifs is 1. The maximum absolute atomic E-state index is 12.6. The molecule has 342 valence electrons. The zero-order valence-corrected chi connectivity index (χ0v) is 42.1. The fraction of sp³-hybridized carbons (Fsp3) is 0.311. The van der Waals surface area contributed by atoms with Gasteiger partial charge < -0.3 is 5.11 Å². The third-order valence-corrected chi connectivity index (χ3v) is 12.3. The summed E-state index contributed by atoms with van der Waals surface area (Å²) in [5.41, 5.74) is 6.43. The SMILES string of the molecule is [2H]C(C)(C)c1ccc(-c2ccnc(-c3[c-]c(-c4cccc5c4nc(-c4cc(C(C)(C)C)cc(C(C)(C)C)c4O)n5-c4ccc(C(C([2H])([2H])[2H])(C([2H])([2H])[2H])C([2H])([2H])[2H])cc4-c4ccccc4)cc(C(C)(C)C)c3)c2)cc1.[Pt]. The summed E-state index contributed by atoms with van der Waals surface area (Å²) < 4.78 is 88.1. The Morgan fingerprint density at radius 3 is 1.88 bits per heavy atom. The Kier molecular flexibility index (Phi) is 9.92. The van der Waals surface area contributed by atoms with Gasteiger partial charge in [0, 0.05) is 57.8 Å². The van der Waals surface area contributed by atoms with Crippen LogP contribution in [0.2, 0.25) is 0 Å². The number of rotatable bonds is 7. The molecule has 8 aromatic rings. The molecule has 0 saturated heterocycles. The van der Waals surface area contributed by atoms with Gasteiger partial charge in [0.15, 0.2) is 0 Å². The number of phenols is 1. The molecule has 0 spiro atoms. The van der Waals surface area contributed by atoms with Gasteiger partial charge in [0.25, 0.3) is 0 Å². The number of phenolic OH excluding ortho intramolecular Hbond substituents is 1. The van der Waals surface area contributed by atoms with E-state index in [2.05, 4.69) is 59.7 Å². The quantitative estimate of drug-likeness (QED) is 0.162. The van der Waals surface area contributed by atoms with Crippen molar-refractivity contribution in [2.24, 2.45) is 0 Å². The van der Waals surface area contributed by atoms with Crippen LogP contribution >= 0.6 is 0 Å². The van der Waals surface area contributed by atoms with E-state index in [9.17, 15) is 5.11 Å². The molecule has 8 rings (SSSR count). The Labute approximate surface area is 422 Å². The van der Waals surface area contributed by atoms with Crippen LogP contribution in [-0.4, -0.2) is 19.6 Å². The van der Waals surface area contributed by atoms with Crippen molar-refractivity contribution in [1.82, 2.24) is 14.5 Å². The van der Waals surface area contributed by atoms with E-state index in [0.717, 1.165) is 44.5 Å². The standard InChI is InChI=1S/C61H66N3O.Pt/c1-38(2)39-23-25-40(26-24-39)42-29-30-62-52(34-42)44-31-43(32-46(33-44)59(6,7)8)48-21-18-22-54-55(48)63-57(50-36-47(60(9,10)11)37-51(56(50)65)61(12,13)14)64(54)53-28-27-45(58(3,4)5)35-49(53)41-19-16-15-17-20-41;/h15-30,32-38,65H,1-14H3;/q-1;/i3D3,4D3,5D3,38D;. The van der Waals surface area contributed by atoms with Crippen LogP contribution in [0.4, 0.5) is 0 Å². The first kappa shape index (κ1) is 36.5. The summed E-state index contributed by atoms with van der Waals surface area (Å²) in [7, 11) is 0. The molecule has 0 amide bonds. The van der Waals surface area contributed by atoms with E-state index in [-0.39, 0.29) is 37.6 Å². The number of para-hydroxylation sites is 1. The molecule has 66 heavy (non-hydrogen) atoms. The molecular weight excluding hydrogens is 986 g/mol. The van der Waals surface area contributed by atoms with Gasteiger partial charge in [-0.25, -0.2) is 4.98 Å². The summed E-state index contributed by atoms with van der Waals surface area (Å²) in [6, 6.07) is 43.1. The topological polar surface area (TPSA) is 50.9 Å². The number of imidazole rings is 1. The molecule has 0 saturated carbocycles. The second kappa shape index (κ2) is 17.9. The van der Waals surface area contributed by atoms with Crippen LogP contribution in [-0.2, 0) is 42.7 Å². The van der Waals surface area contributed by atoms with Crippen molar-refractivity contribution in [3.8, 4) is 67.5 Å². The van der Waals surface area contributed by atoms with Gasteiger partial charge >= 0.3 is 0 Å². The molecule has 4 nitrogen and oxygen atoms in total. The van der Waals surface area contributed by atoms with Crippen molar-refractivity contribution in [3.63, 3.8) is 0 Å². The number of nitrogens with zero attached hydrogens (tertiary/aromatic N) is 3. The Morgan fingerprint density at radius 2 is 1.24 bits per heavy atom. The van der Waals surface area contributed by atoms with Crippen LogP contribution in [0, 0.1) is 6.07 Å². The van der Waals surface area contributed by atoms with Crippen LogP contribution in [0.3, 0.4) is 0 Å². The van der Waals surface area contributed by atoms with Gasteiger partial charge in [-0.15, -0.1) is 29.3 Å². The molecule has 0 atom stereocenters. The van der Waals surface area contributed by atoms with Crippen molar-refractivity contribution in [3.05, 3.63) is 167 Å². The number of hydrogen-bond donors (Lipinski definition) is 1. The number of pyridine rings is 1. The fourth-order valence-electron chi connectivity index (χ4n) is 8.40. The van der Waals surface area contributed by atoms with Crippen molar-refractivity contribution in [2.75, 3.05) is 0 Å². The van der Waals surface area contributed by atoms with Gasteiger partial charge in [0.05, 0.1) is 22.3 Å². The van der Waals surface area contributed by atoms with E-state index in [4.69, 9.17) is 23.7 Å². The molecule has 0 unspecified atom stereocenters. The Morgan fingerprint density at radius 1 is 0.591 bits per heavy atom. The Hall–Kier alpha value is -5.57. The molecule has 0 radical (unpaired) electrons. The second-order valence-corrected chi connectivity index (χ2v) is 20.7. The van der Waals surface area contributed by atoms with E-state index >= 15 is 0 Å². The Balaban J connectivity index is 0.00000840. The van der Waals surface area contributed by atoms with E-state index in [1.165, 1.54) is 12.1 Å². The first-order chi connectivity index (χ1) is 34.5. The minimum absolute atomic E-state index is 0. The zero-order chi connectivity index (χ0) is 55.2. The van der Waals surface area contributed by atoms with E-state index in [0.29, 0.717) is 50.5 Å². The third kappa shape index (κ3) is 9.63. The second-order valence-electron chi connectivity index (χ2n) is 20.7. The summed E-state index contributed by atoms with van der Waals surface area (Å²) in [4.78, 5) is 10.4. The molecule has 6 aromatic carbocycles. The molecule has 0 aliphatic heterocycles. The van der Waals surface area contributed by atoms with Crippen LogP contribution in [0.15, 0.2) is 134 Å². The largest absolute Gasteiger partial charge is 0.507 e. The maximum atomic E-state index is 12.6. The molecule has 5 heteroatoms. The molecule has 2 heterocycles. The van der Waals surface area contributed by atoms with Gasteiger partial charge in [-0.1, -0.05) is 193 Å². The van der Waals surface area contributed by atoms with Crippen molar-refractivity contribution >= 4 is 11.0 Å². The average Bonchev–Trinajstić information content (AvgIpc) is 3.68. The van der Waals surface area contributed by atoms with Crippen LogP contribution in [0.1, 0.15) is 144 Å². The van der Waals surface area contributed by atoms with E-state index in [1.807, 2.05) is 112 Å². The van der Waals surface area contributed by atoms with Crippen molar-refractivity contribution in [1.29, 1.82) is 0 Å². The van der Waals surface area contributed by atoms with Crippen LogP contribution in [0.5, 0.6) is 5.75 Å². The predicted molar refractivity (Wildman–Crippen MR) is 275 cm³/mol. The first-order valence-corrected chi connectivity index (χ1v) is 22.3. The third-order valence-electron chi connectivity index (χ3n) is 12.3. The van der Waals surface area contributed by atoms with Crippen LogP contribution < -0.4 is 0 Å². The minimum Gasteiger partial charge on any atom is -0.507 e. The Bertz CT molecular complexity index is 3400.